The van der Waals surface area contributed by atoms with Crippen LogP contribution in [0.3, 0.4) is 0 Å². The molecule has 7 heteroatoms. The molecule has 0 fully saturated rings. The van der Waals surface area contributed by atoms with Gasteiger partial charge in [0.2, 0.25) is 0 Å². The predicted octanol–water partition coefficient (Wildman–Crippen LogP) is 3.52. The van der Waals surface area contributed by atoms with Gasteiger partial charge in [-0.3, -0.25) is 4.79 Å². The van der Waals surface area contributed by atoms with E-state index in [0.29, 0.717) is 11.5 Å². The van der Waals surface area contributed by atoms with Gasteiger partial charge in [-0.15, -0.1) is 0 Å². The smallest absolute Gasteiger partial charge is 0.265 e. The summed E-state index contributed by atoms with van der Waals surface area (Å²) in [6, 6.07) is 8.15. The van der Waals surface area contributed by atoms with E-state index in [-0.39, 0.29) is 0 Å². The van der Waals surface area contributed by atoms with E-state index in [1.807, 2.05) is 0 Å². The van der Waals surface area contributed by atoms with E-state index < -0.39 is 35.2 Å². The van der Waals surface area contributed by atoms with Crippen molar-refractivity contribution in [1.29, 1.82) is 0 Å². The standard InChI is InChI=1S/C16H14F3NO3/c1-9(23-11-5-3-10(22-2)4-6-11)16(21)20-13-8-7-12(17)14(18)15(13)19/h3-9H,1-2H3,(H,20,21)/t9-/m0/s1. The van der Waals surface area contributed by atoms with Gasteiger partial charge in [-0.25, -0.2) is 13.2 Å². The van der Waals surface area contributed by atoms with Gasteiger partial charge in [0.05, 0.1) is 12.8 Å². The molecular formula is C16H14F3NO3. The molecule has 0 aliphatic heterocycles. The number of halogens is 3. The minimum absolute atomic E-state index is 0.402. The van der Waals surface area contributed by atoms with E-state index in [9.17, 15) is 18.0 Å². The first-order chi connectivity index (χ1) is 10.9. The monoisotopic (exact) mass is 325 g/mol. The number of nitrogens with one attached hydrogen (secondary N) is 1. The molecule has 23 heavy (non-hydrogen) atoms. The number of carbonyl (C=O) groups excluding carboxylic acids is 1. The highest BCUT2D eigenvalue weighted by atomic mass is 19.2. The summed E-state index contributed by atoms with van der Waals surface area (Å²) >= 11 is 0. The van der Waals surface area contributed by atoms with Gasteiger partial charge in [0, 0.05) is 0 Å². The lowest BCUT2D eigenvalue weighted by molar-refractivity contribution is -0.122. The molecule has 2 aromatic carbocycles. The van der Waals surface area contributed by atoms with Crippen molar-refractivity contribution in [1.82, 2.24) is 0 Å². The highest BCUT2D eigenvalue weighted by Crippen LogP contribution is 2.21. The molecule has 0 aromatic heterocycles. The van der Waals surface area contributed by atoms with E-state index in [0.717, 1.165) is 12.1 Å². The summed E-state index contributed by atoms with van der Waals surface area (Å²) in [5.41, 5.74) is -0.459. The van der Waals surface area contributed by atoms with Gasteiger partial charge in [-0.1, -0.05) is 0 Å². The van der Waals surface area contributed by atoms with Crippen LogP contribution >= 0.6 is 0 Å². The Balaban J connectivity index is 2.03. The molecule has 1 atom stereocenters. The third kappa shape index (κ3) is 3.94. The minimum Gasteiger partial charge on any atom is -0.497 e. The number of rotatable bonds is 5. The molecule has 0 saturated heterocycles. The topological polar surface area (TPSA) is 47.6 Å². The van der Waals surface area contributed by atoms with Crippen LogP contribution in [-0.4, -0.2) is 19.1 Å². The van der Waals surface area contributed by atoms with Crippen LogP contribution < -0.4 is 14.8 Å². The number of hydrogen-bond acceptors (Lipinski definition) is 3. The summed E-state index contributed by atoms with van der Waals surface area (Å²) in [6.45, 7) is 1.44. The van der Waals surface area contributed by atoms with E-state index in [1.54, 1.807) is 24.3 Å². The van der Waals surface area contributed by atoms with Crippen LogP contribution in [0.15, 0.2) is 36.4 Å². The minimum atomic E-state index is -1.65. The first-order valence-corrected chi connectivity index (χ1v) is 6.67. The maximum absolute atomic E-state index is 13.5. The molecule has 0 radical (unpaired) electrons. The number of carbonyl (C=O) groups is 1. The van der Waals surface area contributed by atoms with Crippen molar-refractivity contribution >= 4 is 11.6 Å². The first kappa shape index (κ1) is 16.7. The maximum atomic E-state index is 13.5. The van der Waals surface area contributed by atoms with Crippen molar-refractivity contribution in [2.24, 2.45) is 0 Å². The zero-order valence-electron chi connectivity index (χ0n) is 12.4. The molecule has 0 bridgehead atoms. The van der Waals surface area contributed by atoms with Gasteiger partial charge < -0.3 is 14.8 Å². The molecule has 2 rings (SSSR count). The summed E-state index contributed by atoms with van der Waals surface area (Å²) in [7, 11) is 1.52. The van der Waals surface area contributed by atoms with Crippen molar-refractivity contribution in [2.45, 2.75) is 13.0 Å². The fourth-order valence-electron chi connectivity index (χ4n) is 1.77. The lowest BCUT2D eigenvalue weighted by Crippen LogP contribution is -2.30. The number of hydrogen-bond donors (Lipinski definition) is 1. The van der Waals surface area contributed by atoms with Gasteiger partial charge in [-0.05, 0) is 43.3 Å². The van der Waals surface area contributed by atoms with Crippen LogP contribution in [0.25, 0.3) is 0 Å². The molecule has 1 N–H and O–H groups in total. The Morgan fingerprint density at radius 2 is 1.61 bits per heavy atom. The van der Waals surface area contributed by atoms with Crippen LogP contribution in [-0.2, 0) is 4.79 Å². The van der Waals surface area contributed by atoms with Crippen LogP contribution in [0.1, 0.15) is 6.92 Å². The summed E-state index contributed by atoms with van der Waals surface area (Å²) in [6.07, 6.45) is -0.976. The predicted molar refractivity (Wildman–Crippen MR) is 78.0 cm³/mol. The van der Waals surface area contributed by atoms with Crippen molar-refractivity contribution in [3.8, 4) is 11.5 Å². The van der Waals surface area contributed by atoms with Gasteiger partial charge in [0.15, 0.2) is 23.6 Å². The van der Waals surface area contributed by atoms with Gasteiger partial charge in [0.25, 0.3) is 5.91 Å². The fourth-order valence-corrected chi connectivity index (χ4v) is 1.77. The molecular weight excluding hydrogens is 311 g/mol. The lowest BCUT2D eigenvalue weighted by Gasteiger charge is -2.15. The van der Waals surface area contributed by atoms with Gasteiger partial charge in [-0.2, -0.15) is 0 Å². The molecule has 0 unspecified atom stereocenters. The number of benzene rings is 2. The molecule has 0 aliphatic carbocycles. The highest BCUT2D eigenvalue weighted by molar-refractivity contribution is 5.94. The summed E-state index contributed by atoms with van der Waals surface area (Å²) in [5, 5.41) is 2.15. The average molecular weight is 325 g/mol. The van der Waals surface area contributed by atoms with E-state index in [4.69, 9.17) is 9.47 Å². The summed E-state index contributed by atoms with van der Waals surface area (Å²) < 4.78 is 49.8. The van der Waals surface area contributed by atoms with E-state index >= 15 is 0 Å². The van der Waals surface area contributed by atoms with Crippen LogP contribution in [0, 0.1) is 17.5 Å². The Morgan fingerprint density at radius 3 is 2.22 bits per heavy atom. The Kier molecular flexibility index (Phi) is 5.10. The van der Waals surface area contributed by atoms with Crippen LogP contribution in [0.5, 0.6) is 11.5 Å². The van der Waals surface area contributed by atoms with E-state index in [1.165, 1.54) is 14.0 Å². The third-order valence-electron chi connectivity index (χ3n) is 3.03. The molecule has 1 amide bonds. The second-order valence-corrected chi connectivity index (χ2v) is 4.65. The molecule has 2 aromatic rings. The van der Waals surface area contributed by atoms with Crippen molar-refractivity contribution < 1.29 is 27.4 Å². The zero-order valence-corrected chi connectivity index (χ0v) is 12.4. The normalized spacial score (nSPS) is 11.7. The van der Waals surface area contributed by atoms with Crippen LogP contribution in [0.4, 0.5) is 18.9 Å². The average Bonchev–Trinajstić information content (AvgIpc) is 2.56. The number of ether oxygens (including phenoxy) is 2. The Bertz CT molecular complexity index is 704. The van der Waals surface area contributed by atoms with Crippen LogP contribution in [0.2, 0.25) is 0 Å². The van der Waals surface area contributed by atoms with Gasteiger partial charge >= 0.3 is 0 Å². The molecule has 122 valence electrons. The SMILES string of the molecule is COc1ccc(O[C@@H](C)C(=O)Nc2ccc(F)c(F)c2F)cc1. The van der Waals surface area contributed by atoms with Crippen molar-refractivity contribution in [2.75, 3.05) is 12.4 Å². The highest BCUT2D eigenvalue weighted by Gasteiger charge is 2.19. The van der Waals surface area contributed by atoms with Crippen molar-refractivity contribution in [3.63, 3.8) is 0 Å². The van der Waals surface area contributed by atoms with Gasteiger partial charge in [0.1, 0.15) is 11.5 Å². The Morgan fingerprint density at radius 1 is 1.00 bits per heavy atom. The second kappa shape index (κ2) is 7.04. The third-order valence-corrected chi connectivity index (χ3v) is 3.03. The van der Waals surface area contributed by atoms with Crippen molar-refractivity contribution in [3.05, 3.63) is 53.8 Å². The second-order valence-electron chi connectivity index (χ2n) is 4.65. The lowest BCUT2D eigenvalue weighted by atomic mass is 10.2. The first-order valence-electron chi connectivity index (χ1n) is 6.67. The van der Waals surface area contributed by atoms with E-state index in [2.05, 4.69) is 5.32 Å². The molecule has 0 aliphatic rings. The fraction of sp³-hybridized carbons (Fsp3) is 0.188. The molecule has 0 spiro atoms. The quantitative estimate of drug-likeness (QED) is 0.856. The number of methoxy groups -OCH3 is 1. The summed E-state index contributed by atoms with van der Waals surface area (Å²) in [4.78, 5) is 11.9. The Labute approximate surface area is 130 Å². The number of amides is 1. The molecule has 0 heterocycles. The summed E-state index contributed by atoms with van der Waals surface area (Å²) in [5.74, 6) is -4.12. The molecule has 0 saturated carbocycles. The molecule has 4 nitrogen and oxygen atoms in total. The Hall–Kier alpha value is -2.70. The zero-order chi connectivity index (χ0) is 17.0. The largest absolute Gasteiger partial charge is 0.497 e. The maximum Gasteiger partial charge on any atom is 0.265 e. The number of anilines is 1.